The lowest BCUT2D eigenvalue weighted by atomic mass is 10.0. The Labute approximate surface area is 167 Å². The summed E-state index contributed by atoms with van der Waals surface area (Å²) >= 11 is 5.90. The number of oxime groups is 1. The van der Waals surface area contributed by atoms with Crippen molar-refractivity contribution in [2.45, 2.75) is 6.61 Å². The molecule has 0 saturated heterocycles. The van der Waals surface area contributed by atoms with Gasteiger partial charge in [-0.15, -0.1) is 10.2 Å². The lowest BCUT2D eigenvalue weighted by molar-refractivity contribution is 0.111. The largest absolute Gasteiger partial charge is 0.417 e. The molecule has 0 aliphatic carbocycles. The van der Waals surface area contributed by atoms with Crippen LogP contribution in [0.4, 0.5) is 0 Å². The van der Waals surface area contributed by atoms with Gasteiger partial charge in [0.15, 0.2) is 6.61 Å². The zero-order valence-electron chi connectivity index (χ0n) is 14.8. The van der Waals surface area contributed by atoms with Crippen LogP contribution < -0.4 is 0 Å². The average Bonchev–Trinajstić information content (AvgIpc) is 3.22. The van der Waals surface area contributed by atoms with E-state index in [0.29, 0.717) is 16.8 Å². The maximum absolute atomic E-state index is 5.90. The molecule has 0 atom stereocenters. The minimum Gasteiger partial charge on any atom is -0.417 e. The molecule has 0 saturated carbocycles. The lowest BCUT2D eigenvalue weighted by Crippen LogP contribution is -2.04. The predicted octanol–water partition coefficient (Wildman–Crippen LogP) is 5.36. The van der Waals surface area contributed by atoms with E-state index in [2.05, 4.69) is 15.4 Å². The zero-order chi connectivity index (χ0) is 19.2. The molecule has 0 bridgehead atoms. The second kappa shape index (κ2) is 8.50. The van der Waals surface area contributed by atoms with Crippen LogP contribution in [0.5, 0.6) is 0 Å². The third-order valence-corrected chi connectivity index (χ3v) is 4.25. The first-order valence-electron chi connectivity index (χ1n) is 8.69. The number of aromatic nitrogens is 2. The quantitative estimate of drug-likeness (QED) is 0.329. The number of halogens is 1. The lowest BCUT2D eigenvalue weighted by Gasteiger charge is -2.06. The summed E-state index contributed by atoms with van der Waals surface area (Å²) in [5.41, 5.74) is 3.45. The van der Waals surface area contributed by atoms with Crippen LogP contribution in [0.15, 0.2) is 94.5 Å². The Hall–Kier alpha value is -3.44. The number of nitrogens with zero attached hydrogens (tertiary/aromatic N) is 3. The highest BCUT2D eigenvalue weighted by Crippen LogP contribution is 2.20. The van der Waals surface area contributed by atoms with Gasteiger partial charge in [-0.3, -0.25) is 0 Å². The molecule has 0 aliphatic heterocycles. The van der Waals surface area contributed by atoms with E-state index in [-0.39, 0.29) is 6.61 Å². The van der Waals surface area contributed by atoms with Crippen molar-refractivity contribution >= 4 is 17.3 Å². The van der Waals surface area contributed by atoms with E-state index in [0.717, 1.165) is 22.4 Å². The van der Waals surface area contributed by atoms with Gasteiger partial charge in [0.05, 0.1) is 0 Å². The van der Waals surface area contributed by atoms with Gasteiger partial charge in [0.1, 0.15) is 5.71 Å². The average molecular weight is 390 g/mol. The van der Waals surface area contributed by atoms with E-state index in [1.165, 1.54) is 0 Å². The molecule has 0 radical (unpaired) electrons. The Morgan fingerprint density at radius 2 is 1.43 bits per heavy atom. The molecule has 0 aliphatic rings. The van der Waals surface area contributed by atoms with Crippen LogP contribution in [0, 0.1) is 0 Å². The molecule has 5 nitrogen and oxygen atoms in total. The second-order valence-corrected chi connectivity index (χ2v) is 6.39. The fourth-order valence-corrected chi connectivity index (χ4v) is 2.76. The van der Waals surface area contributed by atoms with Crippen LogP contribution in [-0.2, 0) is 11.4 Å². The van der Waals surface area contributed by atoms with Crippen molar-refractivity contribution in [2.24, 2.45) is 5.16 Å². The molecule has 0 N–H and O–H groups in total. The van der Waals surface area contributed by atoms with Gasteiger partial charge in [0.2, 0.25) is 5.89 Å². The summed E-state index contributed by atoms with van der Waals surface area (Å²) in [7, 11) is 0. The van der Waals surface area contributed by atoms with Crippen molar-refractivity contribution in [3.05, 3.63) is 107 Å². The van der Waals surface area contributed by atoms with E-state index in [9.17, 15) is 0 Å². The molecule has 0 amide bonds. The predicted molar refractivity (Wildman–Crippen MR) is 108 cm³/mol. The molecule has 1 aromatic heterocycles. The minimum atomic E-state index is 0.0732. The topological polar surface area (TPSA) is 60.5 Å². The smallest absolute Gasteiger partial charge is 0.257 e. The van der Waals surface area contributed by atoms with E-state index >= 15 is 0 Å². The molecule has 4 rings (SSSR count). The highest BCUT2D eigenvalue weighted by molar-refractivity contribution is 6.30. The van der Waals surface area contributed by atoms with Crippen LogP contribution in [-0.4, -0.2) is 15.9 Å². The van der Waals surface area contributed by atoms with Gasteiger partial charge in [-0.05, 0) is 24.3 Å². The van der Waals surface area contributed by atoms with Crippen molar-refractivity contribution in [2.75, 3.05) is 0 Å². The molecule has 28 heavy (non-hydrogen) atoms. The van der Waals surface area contributed by atoms with Crippen LogP contribution in [0.3, 0.4) is 0 Å². The minimum absolute atomic E-state index is 0.0732. The molecule has 138 valence electrons. The summed E-state index contributed by atoms with van der Waals surface area (Å²) < 4.78 is 5.64. The summed E-state index contributed by atoms with van der Waals surface area (Å²) in [6.45, 7) is 0.0732. The molecule has 0 spiro atoms. The normalized spacial score (nSPS) is 10.5. The summed E-state index contributed by atoms with van der Waals surface area (Å²) in [6, 6.07) is 26.9. The molecule has 1 heterocycles. The maximum Gasteiger partial charge on any atom is 0.257 e. The van der Waals surface area contributed by atoms with Gasteiger partial charge in [0, 0.05) is 21.7 Å². The first-order chi connectivity index (χ1) is 13.8. The highest BCUT2D eigenvalue weighted by atomic mass is 35.5. The van der Waals surface area contributed by atoms with Crippen LogP contribution in [0.2, 0.25) is 5.02 Å². The van der Waals surface area contributed by atoms with Crippen molar-refractivity contribution in [1.29, 1.82) is 0 Å². The third-order valence-electron chi connectivity index (χ3n) is 4.00. The van der Waals surface area contributed by atoms with Crippen molar-refractivity contribution in [3.8, 4) is 11.5 Å². The summed E-state index contributed by atoms with van der Waals surface area (Å²) in [4.78, 5) is 5.53. The standard InChI is InChI=1S/C22H16ClN3O2/c23-19-13-11-18(12-14-19)22-25-24-20(28-22)15-27-26-21(16-7-3-1-4-8-16)17-9-5-2-6-10-17/h1-14H,15H2. The van der Waals surface area contributed by atoms with E-state index in [4.69, 9.17) is 20.9 Å². The van der Waals surface area contributed by atoms with Gasteiger partial charge in [-0.1, -0.05) is 77.4 Å². The molecule has 6 heteroatoms. The Balaban J connectivity index is 1.51. The highest BCUT2D eigenvalue weighted by Gasteiger charge is 2.10. The van der Waals surface area contributed by atoms with Crippen LogP contribution >= 0.6 is 11.6 Å². The fraction of sp³-hybridized carbons (Fsp3) is 0.0455. The fourth-order valence-electron chi connectivity index (χ4n) is 2.64. The van der Waals surface area contributed by atoms with Crippen molar-refractivity contribution in [3.63, 3.8) is 0 Å². The molecule has 3 aromatic carbocycles. The first-order valence-corrected chi connectivity index (χ1v) is 9.06. The van der Waals surface area contributed by atoms with Gasteiger partial charge in [0.25, 0.3) is 5.89 Å². The van der Waals surface area contributed by atoms with Gasteiger partial charge in [-0.25, -0.2) is 0 Å². The molecular weight excluding hydrogens is 374 g/mol. The van der Waals surface area contributed by atoms with Crippen molar-refractivity contribution < 1.29 is 9.25 Å². The van der Waals surface area contributed by atoms with Gasteiger partial charge >= 0.3 is 0 Å². The number of hydrogen-bond donors (Lipinski definition) is 0. The SMILES string of the molecule is Clc1ccc(-c2nnc(CON=C(c3ccccc3)c3ccccc3)o2)cc1. The Bertz CT molecular complexity index is 1020. The monoisotopic (exact) mass is 389 g/mol. The second-order valence-electron chi connectivity index (χ2n) is 5.95. The third kappa shape index (κ3) is 4.27. The van der Waals surface area contributed by atoms with Gasteiger partial charge < -0.3 is 9.25 Å². The molecular formula is C22H16ClN3O2. The maximum atomic E-state index is 5.90. The van der Waals surface area contributed by atoms with Crippen molar-refractivity contribution in [1.82, 2.24) is 10.2 Å². The number of rotatable bonds is 6. The summed E-state index contributed by atoms with van der Waals surface area (Å²) in [5.74, 6) is 0.750. The number of benzene rings is 3. The Kier molecular flexibility index (Phi) is 5.45. The van der Waals surface area contributed by atoms with E-state index < -0.39 is 0 Å². The van der Waals surface area contributed by atoms with Gasteiger partial charge in [-0.2, -0.15) is 0 Å². The zero-order valence-corrected chi connectivity index (χ0v) is 15.6. The van der Waals surface area contributed by atoms with Crippen LogP contribution in [0.25, 0.3) is 11.5 Å². The molecule has 0 unspecified atom stereocenters. The Morgan fingerprint density at radius 3 is 2.04 bits per heavy atom. The summed E-state index contributed by atoms with van der Waals surface area (Å²) in [6.07, 6.45) is 0. The molecule has 4 aromatic rings. The first kappa shape index (κ1) is 17.9. The Morgan fingerprint density at radius 1 is 0.821 bits per heavy atom. The summed E-state index contributed by atoms with van der Waals surface area (Å²) in [5, 5.41) is 13.0. The molecule has 0 fully saturated rings. The van der Waals surface area contributed by atoms with Crippen LogP contribution in [0.1, 0.15) is 17.0 Å². The van der Waals surface area contributed by atoms with E-state index in [1.807, 2.05) is 72.8 Å². The number of hydrogen-bond acceptors (Lipinski definition) is 5. The van der Waals surface area contributed by atoms with E-state index in [1.54, 1.807) is 12.1 Å².